The van der Waals surface area contributed by atoms with E-state index in [9.17, 15) is 4.79 Å². The Kier molecular flexibility index (Phi) is 7.84. The van der Waals surface area contributed by atoms with Gasteiger partial charge in [0.25, 0.3) is 0 Å². The number of carbonyl (C=O) groups is 1. The molecule has 1 heterocycles. The second-order valence-corrected chi connectivity index (χ2v) is 4.17. The molecule has 0 spiro atoms. The van der Waals surface area contributed by atoms with Gasteiger partial charge in [-0.05, 0) is 6.42 Å². The lowest BCUT2D eigenvalue weighted by Crippen LogP contribution is -2.31. The molecule has 0 amide bonds. The summed E-state index contributed by atoms with van der Waals surface area (Å²) in [5, 5.41) is 0. The van der Waals surface area contributed by atoms with Crippen LogP contribution in [0.25, 0.3) is 0 Å². The third-order valence-electron chi connectivity index (χ3n) is 2.70. The number of aromatic nitrogens is 2. The van der Waals surface area contributed by atoms with Crippen molar-refractivity contribution in [2.24, 2.45) is 0 Å². The van der Waals surface area contributed by atoms with Crippen LogP contribution in [0.15, 0.2) is 18.7 Å². The molecule has 1 aromatic heterocycles. The normalized spacial score (nSPS) is 10.6. The second-order valence-electron chi connectivity index (χ2n) is 4.17. The van der Waals surface area contributed by atoms with Gasteiger partial charge in [-0.1, -0.05) is 0 Å². The molecule has 0 aliphatic heterocycles. The molecule has 0 radical (unpaired) electrons. The van der Waals surface area contributed by atoms with Crippen LogP contribution in [0.1, 0.15) is 12.8 Å². The first-order valence-corrected chi connectivity index (χ1v) is 6.44. The molecule has 6 nitrogen and oxygen atoms in total. The summed E-state index contributed by atoms with van der Waals surface area (Å²) in [6.45, 7) is 3.54. The molecule has 0 atom stereocenters. The van der Waals surface area contributed by atoms with Gasteiger partial charge in [0, 0.05) is 13.5 Å². The van der Waals surface area contributed by atoms with E-state index in [1.54, 1.807) is 7.11 Å². The number of ether oxygens (including phenoxy) is 3. The van der Waals surface area contributed by atoms with E-state index in [-0.39, 0.29) is 5.97 Å². The summed E-state index contributed by atoms with van der Waals surface area (Å²) in [7, 11) is 3.07. The fourth-order valence-electron chi connectivity index (χ4n) is 1.63. The summed E-state index contributed by atoms with van der Waals surface area (Å²) in [5.74, 6) is -0.161. The number of aryl methyl sites for hydroxylation is 1. The van der Waals surface area contributed by atoms with Crippen molar-refractivity contribution in [1.29, 1.82) is 0 Å². The molecule has 108 valence electrons. The Morgan fingerprint density at radius 1 is 1.26 bits per heavy atom. The average Bonchev–Trinajstić information content (AvgIpc) is 2.86. The summed E-state index contributed by atoms with van der Waals surface area (Å²) in [5.41, 5.74) is 0. The summed E-state index contributed by atoms with van der Waals surface area (Å²) < 4.78 is 19.0. The molecule has 0 N–H and O–H groups in total. The first-order valence-electron chi connectivity index (χ1n) is 6.44. The lowest BCUT2D eigenvalue weighted by atomic mass is 10.3. The van der Waals surface area contributed by atoms with Crippen LogP contribution >= 0.6 is 0 Å². The minimum atomic E-state index is -0.161. The van der Waals surface area contributed by atoms with Gasteiger partial charge in [-0.2, -0.15) is 0 Å². The van der Waals surface area contributed by atoms with E-state index < -0.39 is 0 Å². The Morgan fingerprint density at radius 3 is 2.84 bits per heavy atom. The minimum Gasteiger partial charge on any atom is -0.469 e. The van der Waals surface area contributed by atoms with Gasteiger partial charge in [0.05, 0.1) is 33.5 Å². The molecule has 0 aliphatic carbocycles. The summed E-state index contributed by atoms with van der Waals surface area (Å²) in [6, 6.07) is 0. The number of hydrogen-bond acceptors (Lipinski definition) is 4. The zero-order chi connectivity index (χ0) is 13.9. The van der Waals surface area contributed by atoms with Gasteiger partial charge < -0.3 is 14.2 Å². The topological polar surface area (TPSA) is 53.6 Å². The summed E-state index contributed by atoms with van der Waals surface area (Å²) in [6.07, 6.45) is 7.24. The molecule has 6 heteroatoms. The van der Waals surface area contributed by atoms with Gasteiger partial charge >= 0.3 is 5.97 Å². The molecule has 0 bridgehead atoms. The highest BCUT2D eigenvalue weighted by Gasteiger charge is 2.05. The third kappa shape index (κ3) is 6.93. The van der Waals surface area contributed by atoms with Crippen molar-refractivity contribution in [2.75, 3.05) is 34.0 Å². The molecule has 0 fully saturated rings. The Hall–Kier alpha value is -1.40. The number of methoxy groups -OCH3 is 2. The molecule has 1 aromatic rings. The van der Waals surface area contributed by atoms with Gasteiger partial charge in [0.1, 0.15) is 18.9 Å². The Labute approximate surface area is 113 Å². The predicted molar refractivity (Wildman–Crippen MR) is 68.6 cm³/mol. The maximum absolute atomic E-state index is 11.0. The van der Waals surface area contributed by atoms with Crippen LogP contribution in [0.2, 0.25) is 0 Å². The number of esters is 1. The Morgan fingerprint density at radius 2 is 2.11 bits per heavy atom. The SMILES string of the molecule is COCCOCCn1cc[n+](CCCC(=O)OC)c1. The highest BCUT2D eigenvalue weighted by atomic mass is 16.5. The van der Waals surface area contributed by atoms with Crippen LogP contribution in [-0.2, 0) is 32.1 Å². The van der Waals surface area contributed by atoms with Crippen molar-refractivity contribution in [1.82, 2.24) is 4.57 Å². The smallest absolute Gasteiger partial charge is 0.305 e. The number of carbonyl (C=O) groups excluding carboxylic acids is 1. The van der Waals surface area contributed by atoms with Crippen LogP contribution < -0.4 is 4.57 Å². The van der Waals surface area contributed by atoms with Crippen LogP contribution in [0.3, 0.4) is 0 Å². The van der Waals surface area contributed by atoms with Gasteiger partial charge in [0.15, 0.2) is 0 Å². The van der Waals surface area contributed by atoms with Crippen molar-refractivity contribution in [3.63, 3.8) is 0 Å². The predicted octanol–water partition coefficient (Wildman–Crippen LogP) is 0.392. The van der Waals surface area contributed by atoms with Crippen molar-refractivity contribution < 1.29 is 23.6 Å². The zero-order valence-corrected chi connectivity index (χ0v) is 11.7. The van der Waals surface area contributed by atoms with Gasteiger partial charge in [-0.25, -0.2) is 9.13 Å². The fraction of sp³-hybridized carbons (Fsp3) is 0.692. The molecule has 0 aliphatic rings. The highest BCUT2D eigenvalue weighted by Crippen LogP contribution is 1.93. The molecular weight excluding hydrogens is 248 g/mol. The zero-order valence-electron chi connectivity index (χ0n) is 11.7. The van der Waals surface area contributed by atoms with E-state index in [2.05, 4.69) is 13.9 Å². The fourth-order valence-corrected chi connectivity index (χ4v) is 1.63. The van der Waals surface area contributed by atoms with Crippen molar-refractivity contribution >= 4 is 5.97 Å². The molecule has 0 saturated heterocycles. The lowest BCUT2D eigenvalue weighted by molar-refractivity contribution is -0.696. The van der Waals surface area contributed by atoms with Gasteiger partial charge in [-0.3, -0.25) is 4.79 Å². The van der Waals surface area contributed by atoms with Gasteiger partial charge in [-0.15, -0.1) is 0 Å². The van der Waals surface area contributed by atoms with Crippen LogP contribution in [0.4, 0.5) is 0 Å². The maximum atomic E-state index is 11.0. The maximum Gasteiger partial charge on any atom is 0.305 e. The van der Waals surface area contributed by atoms with Crippen LogP contribution in [0, 0.1) is 0 Å². The molecule has 0 unspecified atom stereocenters. The van der Waals surface area contributed by atoms with E-state index in [0.29, 0.717) is 26.2 Å². The minimum absolute atomic E-state index is 0.161. The lowest BCUT2D eigenvalue weighted by Gasteiger charge is -2.01. The molecule has 0 aromatic carbocycles. The largest absolute Gasteiger partial charge is 0.469 e. The quantitative estimate of drug-likeness (QED) is 0.351. The standard InChI is InChI=1S/C13H23N2O4/c1-17-10-11-19-9-8-15-7-6-14(12-15)5-3-4-13(16)18-2/h6-7,12H,3-5,8-11H2,1-2H3/q+1. The second kappa shape index (κ2) is 9.52. The van der Waals surface area contributed by atoms with E-state index in [4.69, 9.17) is 9.47 Å². The van der Waals surface area contributed by atoms with Crippen molar-refractivity contribution in [3.05, 3.63) is 18.7 Å². The van der Waals surface area contributed by atoms with E-state index >= 15 is 0 Å². The number of nitrogens with zero attached hydrogens (tertiary/aromatic N) is 2. The van der Waals surface area contributed by atoms with Crippen molar-refractivity contribution in [3.8, 4) is 0 Å². The third-order valence-corrected chi connectivity index (χ3v) is 2.70. The number of rotatable bonds is 10. The van der Waals surface area contributed by atoms with Gasteiger partial charge in [0.2, 0.25) is 6.33 Å². The Bertz CT molecular complexity index is 365. The van der Waals surface area contributed by atoms with E-state index in [1.165, 1.54) is 7.11 Å². The molecule has 0 saturated carbocycles. The molecule has 1 rings (SSSR count). The van der Waals surface area contributed by atoms with E-state index in [0.717, 1.165) is 19.5 Å². The highest BCUT2D eigenvalue weighted by molar-refractivity contribution is 5.68. The van der Waals surface area contributed by atoms with Crippen LogP contribution in [0.5, 0.6) is 0 Å². The number of imidazole rings is 1. The first kappa shape index (κ1) is 15.7. The number of hydrogen-bond donors (Lipinski definition) is 0. The Balaban J connectivity index is 2.15. The average molecular weight is 271 g/mol. The summed E-state index contributed by atoms with van der Waals surface area (Å²) >= 11 is 0. The van der Waals surface area contributed by atoms with Crippen LogP contribution in [-0.4, -0.2) is 44.6 Å². The molecule has 19 heavy (non-hydrogen) atoms. The van der Waals surface area contributed by atoms with E-state index in [1.807, 2.05) is 18.7 Å². The van der Waals surface area contributed by atoms with Crippen molar-refractivity contribution in [2.45, 2.75) is 25.9 Å². The first-order chi connectivity index (χ1) is 9.26. The monoisotopic (exact) mass is 271 g/mol. The molecular formula is C13H23N2O4+. The summed E-state index contributed by atoms with van der Waals surface area (Å²) in [4.78, 5) is 11.0.